The summed E-state index contributed by atoms with van der Waals surface area (Å²) in [6.45, 7) is 1.72. The molecule has 2 heterocycles. The van der Waals surface area contributed by atoms with E-state index in [2.05, 4.69) is 4.98 Å². The van der Waals surface area contributed by atoms with Crippen molar-refractivity contribution in [1.82, 2.24) is 9.88 Å². The van der Waals surface area contributed by atoms with Crippen molar-refractivity contribution in [3.05, 3.63) is 68.9 Å². The van der Waals surface area contributed by atoms with Crippen LogP contribution in [0.4, 0.5) is 24.7 Å². The molecule has 1 amide bonds. The molecule has 0 spiro atoms. The molecule has 158 valence electrons. The second-order valence-corrected chi connectivity index (χ2v) is 6.92. The molecule has 0 atom stereocenters. The third-order valence-corrected chi connectivity index (χ3v) is 4.90. The van der Waals surface area contributed by atoms with E-state index in [4.69, 9.17) is 11.6 Å². The fraction of sp³-hybridized carbons (Fsp3) is 0.263. The zero-order chi connectivity index (χ0) is 21.9. The highest BCUT2D eigenvalue weighted by Gasteiger charge is 2.33. The summed E-state index contributed by atoms with van der Waals surface area (Å²) in [5.74, 6) is 0.249. The van der Waals surface area contributed by atoms with Crippen LogP contribution in [0, 0.1) is 10.1 Å². The number of aromatic nitrogens is 1. The Kier molecular flexibility index (Phi) is 6.25. The summed E-state index contributed by atoms with van der Waals surface area (Å²) in [7, 11) is 0. The Bertz CT molecular complexity index is 972. The monoisotopic (exact) mass is 440 g/mol. The van der Waals surface area contributed by atoms with Crippen molar-refractivity contribution < 1.29 is 22.9 Å². The molecule has 0 N–H and O–H groups in total. The summed E-state index contributed by atoms with van der Waals surface area (Å²) >= 11 is 5.59. The van der Waals surface area contributed by atoms with E-state index in [1.807, 2.05) is 4.90 Å². The largest absolute Gasteiger partial charge is 0.417 e. The first-order valence-electron chi connectivity index (χ1n) is 8.84. The Morgan fingerprint density at radius 3 is 2.43 bits per heavy atom. The van der Waals surface area contributed by atoms with Gasteiger partial charge in [0.1, 0.15) is 12.0 Å². The first-order chi connectivity index (χ1) is 14.1. The quantitative estimate of drug-likeness (QED) is 0.407. The molecule has 1 aliphatic heterocycles. The number of benzene rings is 1. The third-order valence-electron chi connectivity index (χ3n) is 4.57. The maximum Gasteiger partial charge on any atom is 0.417 e. The maximum atomic E-state index is 12.9. The minimum Gasteiger partial charge on any atom is -0.353 e. The number of hydrogen-bond acceptors (Lipinski definition) is 5. The molecule has 0 aliphatic carbocycles. The van der Waals surface area contributed by atoms with E-state index in [9.17, 15) is 28.1 Å². The van der Waals surface area contributed by atoms with Crippen LogP contribution >= 0.6 is 11.6 Å². The zero-order valence-electron chi connectivity index (χ0n) is 15.5. The van der Waals surface area contributed by atoms with E-state index in [1.165, 1.54) is 30.5 Å². The second kappa shape index (κ2) is 8.70. The van der Waals surface area contributed by atoms with Gasteiger partial charge in [-0.25, -0.2) is 4.98 Å². The molecule has 1 fully saturated rings. The van der Waals surface area contributed by atoms with E-state index in [1.54, 1.807) is 11.0 Å². The number of alkyl halides is 3. The molecule has 1 aromatic carbocycles. The lowest BCUT2D eigenvalue weighted by atomic mass is 10.1. The second-order valence-electron chi connectivity index (χ2n) is 6.51. The van der Waals surface area contributed by atoms with Crippen LogP contribution in [0.15, 0.2) is 42.6 Å². The standard InChI is InChI=1S/C19H16ClF3N4O3/c20-16-4-1-13(11-15(16)19(21,22)23)2-6-18(28)26-9-7-25(8-10-26)17-5-3-14(12-24-17)27(29)30/h1-6,11-12H,7-10H2/b6-2+. The molecule has 30 heavy (non-hydrogen) atoms. The molecule has 1 saturated heterocycles. The van der Waals surface area contributed by atoms with E-state index < -0.39 is 21.7 Å². The number of piperazine rings is 1. The summed E-state index contributed by atoms with van der Waals surface area (Å²) < 4.78 is 38.8. The average molecular weight is 441 g/mol. The Hall–Kier alpha value is -3.14. The van der Waals surface area contributed by atoms with Crippen LogP contribution in [0.1, 0.15) is 11.1 Å². The van der Waals surface area contributed by atoms with Gasteiger partial charge in [-0.3, -0.25) is 14.9 Å². The summed E-state index contributed by atoms with van der Waals surface area (Å²) in [6, 6.07) is 6.35. The smallest absolute Gasteiger partial charge is 0.353 e. The van der Waals surface area contributed by atoms with Gasteiger partial charge >= 0.3 is 6.18 Å². The number of amides is 1. The molecule has 0 unspecified atom stereocenters. The van der Waals surface area contributed by atoms with Crippen molar-refractivity contribution in [2.24, 2.45) is 0 Å². The summed E-state index contributed by atoms with van der Waals surface area (Å²) in [6.07, 6.45) is -0.856. The van der Waals surface area contributed by atoms with Crippen molar-refractivity contribution >= 4 is 35.1 Å². The predicted molar refractivity (Wildman–Crippen MR) is 105 cm³/mol. The van der Waals surface area contributed by atoms with Gasteiger partial charge in [-0.1, -0.05) is 17.7 Å². The van der Waals surface area contributed by atoms with Crippen LogP contribution in [0.25, 0.3) is 6.08 Å². The van der Waals surface area contributed by atoms with Crippen LogP contribution in [0.5, 0.6) is 0 Å². The molecule has 2 aromatic rings. The van der Waals surface area contributed by atoms with Gasteiger partial charge < -0.3 is 9.80 Å². The molecule has 0 bridgehead atoms. The van der Waals surface area contributed by atoms with Gasteiger partial charge in [0.15, 0.2) is 0 Å². The van der Waals surface area contributed by atoms with E-state index in [-0.39, 0.29) is 17.2 Å². The highest BCUT2D eigenvalue weighted by molar-refractivity contribution is 6.31. The fourth-order valence-corrected chi connectivity index (χ4v) is 3.19. The highest BCUT2D eigenvalue weighted by Crippen LogP contribution is 2.35. The number of nitro groups is 1. The maximum absolute atomic E-state index is 12.9. The normalized spacial score (nSPS) is 14.9. The molecule has 0 radical (unpaired) electrons. The Morgan fingerprint density at radius 2 is 1.87 bits per heavy atom. The number of halogens is 4. The van der Waals surface area contributed by atoms with Gasteiger partial charge in [0.2, 0.25) is 5.91 Å². The molecular formula is C19H16ClF3N4O3. The van der Waals surface area contributed by atoms with Crippen LogP contribution in [0.2, 0.25) is 5.02 Å². The fourth-order valence-electron chi connectivity index (χ4n) is 2.97. The molecule has 7 nitrogen and oxygen atoms in total. The van der Waals surface area contributed by atoms with Crippen LogP contribution in [-0.2, 0) is 11.0 Å². The third kappa shape index (κ3) is 5.07. The Labute approximate surface area is 174 Å². The molecule has 1 aromatic heterocycles. The Morgan fingerprint density at radius 1 is 1.17 bits per heavy atom. The molecule has 3 rings (SSSR count). The number of pyridine rings is 1. The van der Waals surface area contributed by atoms with Crippen molar-refractivity contribution in [3.63, 3.8) is 0 Å². The van der Waals surface area contributed by atoms with Gasteiger partial charge in [0.25, 0.3) is 5.69 Å². The number of carbonyl (C=O) groups excluding carboxylic acids is 1. The topological polar surface area (TPSA) is 79.6 Å². The van der Waals surface area contributed by atoms with Crippen molar-refractivity contribution in [2.75, 3.05) is 31.1 Å². The molecule has 0 saturated carbocycles. The van der Waals surface area contributed by atoms with Gasteiger partial charge in [0, 0.05) is 38.3 Å². The van der Waals surface area contributed by atoms with Crippen LogP contribution in [-0.4, -0.2) is 46.9 Å². The van der Waals surface area contributed by atoms with Gasteiger partial charge in [-0.15, -0.1) is 0 Å². The van der Waals surface area contributed by atoms with E-state index in [0.29, 0.717) is 32.0 Å². The van der Waals surface area contributed by atoms with Crippen molar-refractivity contribution in [2.45, 2.75) is 6.18 Å². The summed E-state index contributed by atoms with van der Waals surface area (Å²) in [5.41, 5.74) is -0.842. The average Bonchev–Trinajstić information content (AvgIpc) is 2.72. The van der Waals surface area contributed by atoms with Crippen molar-refractivity contribution in [3.8, 4) is 0 Å². The van der Waals surface area contributed by atoms with E-state index >= 15 is 0 Å². The molecule has 11 heteroatoms. The summed E-state index contributed by atoms with van der Waals surface area (Å²) in [4.78, 5) is 30.1. The minimum atomic E-state index is -4.58. The molecular weight excluding hydrogens is 425 g/mol. The number of rotatable bonds is 4. The van der Waals surface area contributed by atoms with Gasteiger partial charge in [-0.2, -0.15) is 13.2 Å². The number of anilines is 1. The lowest BCUT2D eigenvalue weighted by molar-refractivity contribution is -0.385. The SMILES string of the molecule is O=C(/C=C/c1ccc(Cl)c(C(F)(F)F)c1)N1CCN(c2ccc([N+](=O)[O-])cn2)CC1. The first-order valence-corrected chi connectivity index (χ1v) is 9.22. The lowest BCUT2D eigenvalue weighted by Gasteiger charge is -2.34. The van der Waals surface area contributed by atoms with Gasteiger partial charge in [-0.05, 0) is 29.8 Å². The minimum absolute atomic E-state index is 0.103. The van der Waals surface area contributed by atoms with Gasteiger partial charge in [0.05, 0.1) is 15.5 Å². The number of nitrogens with zero attached hydrogens (tertiary/aromatic N) is 4. The highest BCUT2D eigenvalue weighted by atomic mass is 35.5. The molecule has 1 aliphatic rings. The van der Waals surface area contributed by atoms with Crippen LogP contribution < -0.4 is 4.90 Å². The van der Waals surface area contributed by atoms with Crippen LogP contribution in [0.3, 0.4) is 0 Å². The van der Waals surface area contributed by atoms with E-state index in [0.717, 1.165) is 12.1 Å². The Balaban J connectivity index is 1.60. The van der Waals surface area contributed by atoms with Crippen molar-refractivity contribution in [1.29, 1.82) is 0 Å². The predicted octanol–water partition coefficient (Wildman–Crippen LogP) is 4.02. The zero-order valence-corrected chi connectivity index (χ0v) is 16.2. The number of hydrogen-bond donors (Lipinski definition) is 0. The summed E-state index contributed by atoms with van der Waals surface area (Å²) in [5, 5.41) is 10.3. The lowest BCUT2D eigenvalue weighted by Crippen LogP contribution is -2.48. The first kappa shape index (κ1) is 21.6. The number of carbonyl (C=O) groups is 1.